The van der Waals surface area contributed by atoms with Gasteiger partial charge in [-0.05, 0) is 66.6 Å². The Morgan fingerprint density at radius 3 is 1.73 bits per heavy atom. The highest BCUT2D eigenvalue weighted by atomic mass is 32.2. The molecule has 3 heteroatoms. The molecule has 2 rings (SSSR count). The average molecular weight is 579 g/mol. The predicted molar refractivity (Wildman–Crippen MR) is 182 cm³/mol. The van der Waals surface area contributed by atoms with E-state index >= 15 is 0 Å². The average Bonchev–Trinajstić information content (AvgIpc) is 3.00. The number of hydrogen-bond acceptors (Lipinski definition) is 3. The Labute approximate surface area is 257 Å². The van der Waals surface area contributed by atoms with Gasteiger partial charge in [-0.25, -0.2) is 0 Å². The van der Waals surface area contributed by atoms with Gasteiger partial charge in [0.25, 0.3) is 0 Å². The second kappa shape index (κ2) is 24.6. The molecular weight excluding hydrogens is 520 g/mol. The first-order valence-corrected chi connectivity index (χ1v) is 17.9. The molecule has 0 saturated heterocycles. The zero-order valence-corrected chi connectivity index (χ0v) is 27.2. The van der Waals surface area contributed by atoms with Gasteiger partial charge >= 0.3 is 0 Å². The first-order valence-electron chi connectivity index (χ1n) is 16.9. The summed E-state index contributed by atoms with van der Waals surface area (Å²) in [5.41, 5.74) is 1.72. The first-order chi connectivity index (χ1) is 20.2. The number of unbranched alkanes of at least 4 members (excludes halogenated alkanes) is 17. The number of rotatable bonds is 26. The van der Waals surface area contributed by atoms with E-state index in [4.69, 9.17) is 4.74 Å². The van der Waals surface area contributed by atoms with Crippen LogP contribution in [0.4, 0.5) is 0 Å². The molecule has 0 bridgehead atoms. The van der Waals surface area contributed by atoms with E-state index in [1.165, 1.54) is 114 Å². The number of carbonyl (C=O) groups is 1. The van der Waals surface area contributed by atoms with Crippen LogP contribution in [0.5, 0.6) is 5.75 Å². The maximum Gasteiger partial charge on any atom is 0.185 e. The fourth-order valence-corrected chi connectivity index (χ4v) is 5.87. The Hall–Kier alpha value is -2.00. The van der Waals surface area contributed by atoms with Gasteiger partial charge in [0.1, 0.15) is 5.75 Å². The van der Waals surface area contributed by atoms with Crippen LogP contribution in [0.25, 0.3) is 6.08 Å². The van der Waals surface area contributed by atoms with Crippen molar-refractivity contribution in [2.24, 2.45) is 0 Å². The summed E-state index contributed by atoms with van der Waals surface area (Å²) >= 11 is 1.83. The highest BCUT2D eigenvalue weighted by Crippen LogP contribution is 2.20. The van der Waals surface area contributed by atoms with E-state index in [1.54, 1.807) is 6.08 Å². The maximum absolute atomic E-state index is 12.6. The van der Waals surface area contributed by atoms with Crippen molar-refractivity contribution in [3.8, 4) is 5.75 Å². The highest BCUT2D eigenvalue weighted by molar-refractivity contribution is 7.99. The SMILES string of the molecule is CCCCCCCCCCCCCCCCCCCCOc1cccc(C=CC(=O)c2ccc(SCCC)cc2)c1. The summed E-state index contributed by atoms with van der Waals surface area (Å²) in [6, 6.07) is 15.9. The van der Waals surface area contributed by atoms with Crippen LogP contribution in [0, 0.1) is 0 Å². The van der Waals surface area contributed by atoms with Crippen molar-refractivity contribution in [3.05, 3.63) is 65.7 Å². The van der Waals surface area contributed by atoms with Crippen molar-refractivity contribution in [1.82, 2.24) is 0 Å². The van der Waals surface area contributed by atoms with Crippen molar-refractivity contribution in [2.75, 3.05) is 12.4 Å². The number of carbonyl (C=O) groups excluding carboxylic acids is 1. The Kier molecular flexibility index (Phi) is 21.1. The molecule has 0 radical (unpaired) electrons. The van der Waals surface area contributed by atoms with Gasteiger partial charge in [0.05, 0.1) is 6.61 Å². The molecule has 0 amide bonds. The monoisotopic (exact) mass is 578 g/mol. The molecule has 41 heavy (non-hydrogen) atoms. The molecule has 2 aromatic rings. The number of ether oxygens (including phenoxy) is 1. The van der Waals surface area contributed by atoms with Gasteiger partial charge in [-0.1, -0.05) is 141 Å². The van der Waals surface area contributed by atoms with E-state index in [2.05, 4.69) is 13.8 Å². The van der Waals surface area contributed by atoms with Crippen LogP contribution in [-0.2, 0) is 0 Å². The minimum atomic E-state index is 0.0298. The lowest BCUT2D eigenvalue weighted by atomic mass is 10.0. The Bertz CT molecular complexity index is 934. The third-order valence-corrected chi connectivity index (χ3v) is 8.88. The van der Waals surface area contributed by atoms with E-state index in [9.17, 15) is 4.79 Å². The van der Waals surface area contributed by atoms with Gasteiger partial charge < -0.3 is 4.74 Å². The zero-order chi connectivity index (χ0) is 29.2. The van der Waals surface area contributed by atoms with E-state index < -0.39 is 0 Å². The van der Waals surface area contributed by atoms with Gasteiger partial charge in [-0.2, -0.15) is 0 Å². The van der Waals surface area contributed by atoms with Crippen LogP contribution in [0.1, 0.15) is 152 Å². The van der Waals surface area contributed by atoms with E-state index in [1.807, 2.05) is 66.4 Å². The second-order valence-corrected chi connectivity index (χ2v) is 12.7. The summed E-state index contributed by atoms with van der Waals surface area (Å²) in [6.07, 6.45) is 29.7. The van der Waals surface area contributed by atoms with E-state index in [-0.39, 0.29) is 5.78 Å². The number of hydrogen-bond donors (Lipinski definition) is 0. The third kappa shape index (κ3) is 18.2. The van der Waals surface area contributed by atoms with Crippen molar-refractivity contribution >= 4 is 23.6 Å². The summed E-state index contributed by atoms with van der Waals surface area (Å²) in [5.74, 6) is 2.01. The van der Waals surface area contributed by atoms with Gasteiger partial charge in [-0.15, -0.1) is 11.8 Å². The minimum Gasteiger partial charge on any atom is -0.494 e. The van der Waals surface area contributed by atoms with Gasteiger partial charge in [0, 0.05) is 10.5 Å². The quantitative estimate of drug-likeness (QED) is 0.0480. The van der Waals surface area contributed by atoms with Crippen LogP contribution in [-0.4, -0.2) is 18.1 Å². The largest absolute Gasteiger partial charge is 0.494 e. The molecule has 2 aromatic carbocycles. The number of ketones is 1. The molecule has 228 valence electrons. The first kappa shape index (κ1) is 35.2. The molecule has 0 unspecified atom stereocenters. The zero-order valence-electron chi connectivity index (χ0n) is 26.3. The lowest BCUT2D eigenvalue weighted by Crippen LogP contribution is -1.97. The summed E-state index contributed by atoms with van der Waals surface area (Å²) in [6.45, 7) is 5.23. The lowest BCUT2D eigenvalue weighted by Gasteiger charge is -2.07. The van der Waals surface area contributed by atoms with Gasteiger partial charge in [0.15, 0.2) is 5.78 Å². The van der Waals surface area contributed by atoms with Crippen LogP contribution in [0.3, 0.4) is 0 Å². The molecule has 0 atom stereocenters. The topological polar surface area (TPSA) is 26.3 Å². The van der Waals surface area contributed by atoms with Crippen LogP contribution in [0.15, 0.2) is 59.5 Å². The number of thioether (sulfide) groups is 1. The molecule has 0 aliphatic heterocycles. The number of allylic oxidation sites excluding steroid dienone is 1. The van der Waals surface area contributed by atoms with Crippen LogP contribution >= 0.6 is 11.8 Å². The van der Waals surface area contributed by atoms with Crippen molar-refractivity contribution < 1.29 is 9.53 Å². The van der Waals surface area contributed by atoms with Crippen molar-refractivity contribution in [1.29, 1.82) is 0 Å². The van der Waals surface area contributed by atoms with Gasteiger partial charge in [0.2, 0.25) is 0 Å². The maximum atomic E-state index is 12.6. The van der Waals surface area contributed by atoms with E-state index in [0.717, 1.165) is 42.1 Å². The fourth-order valence-electron chi connectivity index (χ4n) is 5.11. The summed E-state index contributed by atoms with van der Waals surface area (Å²) in [4.78, 5) is 13.8. The standard InChI is InChI=1S/C38H58O2S/c1-3-5-6-7-8-9-10-11-12-13-14-15-16-17-18-19-20-21-31-40-36-24-22-23-34(33-36)25-30-38(39)35-26-28-37(29-27-35)41-32-4-2/h22-30,33H,3-21,31-32H2,1-2H3. The summed E-state index contributed by atoms with van der Waals surface area (Å²) in [7, 11) is 0. The van der Waals surface area contributed by atoms with Gasteiger partial charge in [-0.3, -0.25) is 4.79 Å². The normalized spacial score (nSPS) is 11.4. The van der Waals surface area contributed by atoms with E-state index in [0.29, 0.717) is 0 Å². The smallest absolute Gasteiger partial charge is 0.185 e. The molecule has 0 N–H and O–H groups in total. The van der Waals surface area contributed by atoms with Crippen molar-refractivity contribution in [2.45, 2.75) is 141 Å². The predicted octanol–water partition coefficient (Wildman–Crippen LogP) is 12.5. The molecule has 0 aliphatic rings. The Morgan fingerprint density at radius 2 is 1.20 bits per heavy atom. The Morgan fingerprint density at radius 1 is 0.659 bits per heavy atom. The summed E-state index contributed by atoms with van der Waals surface area (Å²) in [5, 5.41) is 0. The molecule has 0 aliphatic carbocycles. The molecule has 2 nitrogen and oxygen atoms in total. The third-order valence-electron chi connectivity index (χ3n) is 7.66. The van der Waals surface area contributed by atoms with Crippen LogP contribution in [0.2, 0.25) is 0 Å². The second-order valence-electron chi connectivity index (χ2n) is 11.5. The Balaban J connectivity index is 1.45. The minimum absolute atomic E-state index is 0.0298. The molecular formula is C38H58O2S. The molecule has 0 fully saturated rings. The fraction of sp³-hybridized carbons (Fsp3) is 0.605. The lowest BCUT2D eigenvalue weighted by molar-refractivity contribution is 0.104. The molecule has 0 aromatic heterocycles. The summed E-state index contributed by atoms with van der Waals surface area (Å²) < 4.78 is 5.99. The molecule has 0 heterocycles. The molecule has 0 saturated carbocycles. The van der Waals surface area contributed by atoms with Crippen molar-refractivity contribution in [3.63, 3.8) is 0 Å². The number of benzene rings is 2. The highest BCUT2D eigenvalue weighted by Gasteiger charge is 2.03. The van der Waals surface area contributed by atoms with Crippen LogP contribution < -0.4 is 4.74 Å². The molecule has 0 spiro atoms.